The Morgan fingerprint density at radius 2 is 1.97 bits per heavy atom. The maximum atomic E-state index is 11.8. The molecule has 0 bridgehead atoms. The van der Waals surface area contributed by atoms with Crippen LogP contribution in [0.1, 0.15) is 70.4 Å². The van der Waals surface area contributed by atoms with Crippen molar-refractivity contribution >= 4 is 35.8 Å². The molecule has 162 valence electrons. The van der Waals surface area contributed by atoms with Crippen LogP contribution in [0.4, 0.5) is 0 Å². The van der Waals surface area contributed by atoms with E-state index >= 15 is 0 Å². The van der Waals surface area contributed by atoms with E-state index in [0.29, 0.717) is 13.0 Å². The number of halogens is 1. The maximum Gasteiger partial charge on any atom is 0.221 e. The largest absolute Gasteiger partial charge is 0.487 e. The van der Waals surface area contributed by atoms with Crippen molar-refractivity contribution < 1.29 is 9.53 Å². The van der Waals surface area contributed by atoms with Gasteiger partial charge in [-0.15, -0.1) is 24.0 Å². The van der Waals surface area contributed by atoms with Crippen molar-refractivity contribution in [3.05, 3.63) is 29.8 Å². The number of fused-ring (bicyclic) bond motifs is 1. The highest BCUT2D eigenvalue weighted by Gasteiger charge is 2.43. The summed E-state index contributed by atoms with van der Waals surface area (Å²) in [5.41, 5.74) is 1.13. The number of para-hydroxylation sites is 1. The third-order valence-corrected chi connectivity index (χ3v) is 5.55. The average molecular weight is 514 g/mol. The van der Waals surface area contributed by atoms with E-state index < -0.39 is 0 Å². The second-order valence-corrected chi connectivity index (χ2v) is 7.79. The van der Waals surface area contributed by atoms with Crippen LogP contribution < -0.4 is 20.7 Å². The van der Waals surface area contributed by atoms with Gasteiger partial charge in [0.1, 0.15) is 11.4 Å². The van der Waals surface area contributed by atoms with Gasteiger partial charge < -0.3 is 20.7 Å². The molecule has 1 amide bonds. The molecule has 0 saturated heterocycles. The van der Waals surface area contributed by atoms with Gasteiger partial charge in [0.25, 0.3) is 0 Å². The first-order chi connectivity index (χ1) is 13.7. The van der Waals surface area contributed by atoms with Gasteiger partial charge in [-0.25, -0.2) is 0 Å². The third-order valence-electron chi connectivity index (χ3n) is 5.55. The molecule has 3 N–H and O–H groups in total. The van der Waals surface area contributed by atoms with Gasteiger partial charge in [-0.05, 0) is 45.1 Å². The molecule has 1 aliphatic carbocycles. The molecule has 6 nitrogen and oxygen atoms in total. The molecule has 1 aliphatic heterocycles. The Kier molecular flexibility index (Phi) is 9.52. The van der Waals surface area contributed by atoms with Crippen molar-refractivity contribution in [1.29, 1.82) is 0 Å². The fraction of sp³-hybridized carbons (Fsp3) is 0.636. The van der Waals surface area contributed by atoms with E-state index in [2.05, 4.69) is 53.0 Å². The van der Waals surface area contributed by atoms with Gasteiger partial charge in [-0.1, -0.05) is 25.1 Å². The Hall–Kier alpha value is -1.51. The highest BCUT2D eigenvalue weighted by molar-refractivity contribution is 14.0. The lowest BCUT2D eigenvalue weighted by Gasteiger charge is -2.40. The number of amides is 1. The molecule has 0 radical (unpaired) electrons. The fourth-order valence-electron chi connectivity index (χ4n) is 4.18. The Morgan fingerprint density at radius 1 is 1.21 bits per heavy atom. The monoisotopic (exact) mass is 514 g/mol. The maximum absolute atomic E-state index is 11.8. The predicted octanol–water partition coefficient (Wildman–Crippen LogP) is 3.91. The normalized spacial score (nSPS) is 19.7. The second kappa shape index (κ2) is 11.6. The van der Waals surface area contributed by atoms with Gasteiger partial charge in [0.05, 0.1) is 12.6 Å². The molecule has 7 heteroatoms. The summed E-state index contributed by atoms with van der Waals surface area (Å²) in [6, 6.07) is 8.47. The molecule has 1 aromatic rings. The highest BCUT2D eigenvalue weighted by Crippen LogP contribution is 2.46. The number of carbonyl (C=O) groups is 1. The first-order valence-corrected chi connectivity index (χ1v) is 10.8. The summed E-state index contributed by atoms with van der Waals surface area (Å²) >= 11 is 0. The van der Waals surface area contributed by atoms with E-state index in [9.17, 15) is 4.79 Å². The molecule has 1 aromatic carbocycles. The van der Waals surface area contributed by atoms with Gasteiger partial charge in [0.15, 0.2) is 5.96 Å². The van der Waals surface area contributed by atoms with E-state index in [4.69, 9.17) is 4.74 Å². The van der Waals surface area contributed by atoms with Crippen molar-refractivity contribution in [2.24, 2.45) is 4.99 Å². The molecule has 1 fully saturated rings. The van der Waals surface area contributed by atoms with Crippen molar-refractivity contribution in [2.45, 2.75) is 70.4 Å². The lowest BCUT2D eigenvalue weighted by molar-refractivity contribution is -0.120. The van der Waals surface area contributed by atoms with Crippen molar-refractivity contribution in [2.75, 3.05) is 19.6 Å². The first-order valence-electron chi connectivity index (χ1n) is 10.8. The van der Waals surface area contributed by atoms with Crippen LogP contribution in [-0.2, 0) is 4.79 Å². The summed E-state index contributed by atoms with van der Waals surface area (Å²) in [7, 11) is 0. The fourth-order valence-corrected chi connectivity index (χ4v) is 4.18. The summed E-state index contributed by atoms with van der Waals surface area (Å²) in [5, 5.41) is 9.83. The molecule has 0 aromatic heterocycles. The molecular formula is C22H35IN4O2. The Balaban J connectivity index is 0.00000300. The second-order valence-electron chi connectivity index (χ2n) is 7.79. The van der Waals surface area contributed by atoms with E-state index in [-0.39, 0.29) is 41.5 Å². The van der Waals surface area contributed by atoms with Crippen LogP contribution in [0.3, 0.4) is 0 Å². The molecule has 1 spiro atoms. The zero-order valence-electron chi connectivity index (χ0n) is 17.6. The Morgan fingerprint density at radius 3 is 2.69 bits per heavy atom. The lowest BCUT2D eigenvalue weighted by atomic mass is 9.86. The number of hydrogen-bond acceptors (Lipinski definition) is 3. The van der Waals surface area contributed by atoms with E-state index in [1.807, 2.05) is 6.07 Å². The van der Waals surface area contributed by atoms with Gasteiger partial charge >= 0.3 is 0 Å². The van der Waals surface area contributed by atoms with Crippen LogP contribution in [-0.4, -0.2) is 37.1 Å². The van der Waals surface area contributed by atoms with E-state index in [1.54, 1.807) is 0 Å². The quantitative estimate of drug-likeness (QED) is 0.293. The van der Waals surface area contributed by atoms with Gasteiger partial charge in [0.2, 0.25) is 5.91 Å². The number of nitrogens with zero attached hydrogens (tertiary/aromatic N) is 1. The zero-order chi connectivity index (χ0) is 19.8. The Labute approximate surface area is 191 Å². The van der Waals surface area contributed by atoms with E-state index in [0.717, 1.165) is 50.5 Å². The lowest BCUT2D eigenvalue weighted by Crippen LogP contribution is -2.46. The predicted molar refractivity (Wildman–Crippen MR) is 128 cm³/mol. The topological polar surface area (TPSA) is 74.8 Å². The minimum atomic E-state index is -0.0522. The SMILES string of the molecule is CCCNC(=O)CCN=C(NCC)NC1CC2(CCCC2)Oc2ccccc21.I. The standard InChI is InChI=1S/C22H34N4O2.HI/c1-3-14-24-20(27)11-15-25-21(23-4-2)26-18-16-22(12-7-8-13-22)28-19-10-6-5-9-17(18)19;/h5-6,9-10,18H,3-4,7-8,11-16H2,1-2H3,(H,24,27)(H2,23,25,26);1H. The molecule has 1 saturated carbocycles. The third kappa shape index (κ3) is 6.49. The molecule has 2 aliphatic rings. The van der Waals surface area contributed by atoms with Crippen LogP contribution in [0.2, 0.25) is 0 Å². The van der Waals surface area contributed by atoms with Gasteiger partial charge in [-0.2, -0.15) is 0 Å². The number of guanidine groups is 1. The van der Waals surface area contributed by atoms with Crippen molar-refractivity contribution in [3.63, 3.8) is 0 Å². The molecular weight excluding hydrogens is 479 g/mol. The average Bonchev–Trinajstić information content (AvgIpc) is 3.13. The first kappa shape index (κ1) is 23.8. The summed E-state index contributed by atoms with van der Waals surface area (Å²) < 4.78 is 6.45. The summed E-state index contributed by atoms with van der Waals surface area (Å²) in [5.74, 6) is 1.81. The van der Waals surface area contributed by atoms with Crippen molar-refractivity contribution in [3.8, 4) is 5.75 Å². The molecule has 1 unspecified atom stereocenters. The summed E-state index contributed by atoms with van der Waals surface area (Å²) in [6.07, 6.45) is 7.00. The highest BCUT2D eigenvalue weighted by atomic mass is 127. The summed E-state index contributed by atoms with van der Waals surface area (Å²) in [6.45, 7) is 6.09. The molecule has 1 atom stereocenters. The number of aliphatic imine (C=N–C) groups is 1. The molecule has 3 rings (SSSR count). The van der Waals surface area contributed by atoms with Crippen LogP contribution in [0.15, 0.2) is 29.3 Å². The van der Waals surface area contributed by atoms with E-state index in [1.165, 1.54) is 18.4 Å². The minimum Gasteiger partial charge on any atom is -0.487 e. The number of ether oxygens (including phenoxy) is 1. The van der Waals surface area contributed by atoms with Crippen LogP contribution in [0.5, 0.6) is 5.75 Å². The number of benzene rings is 1. The van der Waals surface area contributed by atoms with Gasteiger partial charge in [-0.3, -0.25) is 9.79 Å². The number of rotatable bonds is 7. The molecule has 29 heavy (non-hydrogen) atoms. The van der Waals surface area contributed by atoms with Crippen molar-refractivity contribution in [1.82, 2.24) is 16.0 Å². The van der Waals surface area contributed by atoms with Crippen LogP contribution in [0, 0.1) is 0 Å². The van der Waals surface area contributed by atoms with Crippen LogP contribution >= 0.6 is 24.0 Å². The van der Waals surface area contributed by atoms with Gasteiger partial charge in [0, 0.05) is 31.5 Å². The minimum absolute atomic E-state index is 0. The molecule has 1 heterocycles. The number of nitrogens with one attached hydrogen (secondary N) is 3. The van der Waals surface area contributed by atoms with Crippen LogP contribution in [0.25, 0.3) is 0 Å². The smallest absolute Gasteiger partial charge is 0.221 e. The Bertz CT molecular complexity index is 689. The number of hydrogen-bond donors (Lipinski definition) is 3. The zero-order valence-corrected chi connectivity index (χ0v) is 20.0. The number of carbonyl (C=O) groups excluding carboxylic acids is 1. The summed E-state index contributed by atoms with van der Waals surface area (Å²) in [4.78, 5) is 16.5.